The van der Waals surface area contributed by atoms with E-state index in [0.29, 0.717) is 12.2 Å². The molecule has 0 amide bonds. The quantitative estimate of drug-likeness (QED) is 0.566. The first-order valence-electron chi connectivity index (χ1n) is 7.72. The number of hydrogen-bond acceptors (Lipinski definition) is 4. The molecule has 0 aliphatic carbocycles. The Morgan fingerprint density at radius 1 is 1.12 bits per heavy atom. The molecule has 6 nitrogen and oxygen atoms in total. The predicted octanol–water partition coefficient (Wildman–Crippen LogP) is 3.38. The Morgan fingerprint density at radius 2 is 1.96 bits per heavy atom. The maximum Gasteiger partial charge on any atom is 0.177 e. The van der Waals surface area contributed by atoms with Gasteiger partial charge in [-0.25, -0.2) is 9.67 Å². The van der Waals surface area contributed by atoms with Gasteiger partial charge in [0.05, 0.1) is 11.4 Å². The highest BCUT2D eigenvalue weighted by molar-refractivity contribution is 5.84. The number of pyridine rings is 1. The van der Waals surface area contributed by atoms with Gasteiger partial charge in [0.15, 0.2) is 5.65 Å². The number of rotatable bonds is 4. The maximum absolute atomic E-state index is 9.77. The van der Waals surface area contributed by atoms with Crippen molar-refractivity contribution in [2.24, 2.45) is 0 Å². The maximum atomic E-state index is 9.77. The minimum Gasteiger partial charge on any atom is -0.427 e. The summed E-state index contributed by atoms with van der Waals surface area (Å²) < 4.78 is 2.86. The van der Waals surface area contributed by atoms with Crippen LogP contribution in [0.4, 0.5) is 5.69 Å². The molecule has 0 spiro atoms. The Morgan fingerprint density at radius 3 is 2.79 bits per heavy atom. The van der Waals surface area contributed by atoms with Crippen LogP contribution >= 0.6 is 0 Å². The Balaban J connectivity index is 1.65. The Kier molecular flexibility index (Phi) is 3.42. The van der Waals surface area contributed by atoms with E-state index in [4.69, 9.17) is 0 Å². The predicted molar refractivity (Wildman–Crippen MR) is 92.5 cm³/mol. The highest BCUT2D eigenvalue weighted by Crippen LogP contribution is 2.22. The van der Waals surface area contributed by atoms with Gasteiger partial charge in [-0.3, -0.25) is 0 Å². The normalized spacial score (nSPS) is 11.0. The lowest BCUT2D eigenvalue weighted by molar-refractivity contribution is 0.198. The number of aromatic nitrogens is 4. The first kappa shape index (κ1) is 14.3. The number of fused-ring (bicyclic) bond motifs is 1. The van der Waals surface area contributed by atoms with Gasteiger partial charge in [0.1, 0.15) is 0 Å². The number of nitrogens with zero attached hydrogens (tertiary/aromatic N) is 4. The van der Waals surface area contributed by atoms with Gasteiger partial charge >= 0.3 is 0 Å². The molecule has 1 aromatic carbocycles. The summed E-state index contributed by atoms with van der Waals surface area (Å²) >= 11 is 0. The lowest BCUT2D eigenvalue weighted by atomic mass is 10.2. The highest BCUT2D eigenvalue weighted by Gasteiger charge is 2.11. The lowest BCUT2D eigenvalue weighted by Crippen LogP contribution is -1.99. The molecule has 24 heavy (non-hydrogen) atoms. The van der Waals surface area contributed by atoms with Crippen LogP contribution in [0.1, 0.15) is 11.3 Å². The van der Waals surface area contributed by atoms with Gasteiger partial charge < -0.3 is 10.5 Å². The molecule has 3 heterocycles. The van der Waals surface area contributed by atoms with E-state index in [1.807, 2.05) is 60.3 Å². The smallest absolute Gasteiger partial charge is 0.177 e. The molecule has 0 fully saturated rings. The molecule has 0 aliphatic rings. The van der Waals surface area contributed by atoms with Gasteiger partial charge in [-0.1, -0.05) is 18.2 Å². The van der Waals surface area contributed by atoms with Crippen molar-refractivity contribution in [2.45, 2.75) is 13.5 Å². The van der Waals surface area contributed by atoms with Crippen molar-refractivity contribution in [3.8, 4) is 5.69 Å². The van der Waals surface area contributed by atoms with Crippen LogP contribution in [0.5, 0.6) is 0 Å². The van der Waals surface area contributed by atoms with E-state index in [-0.39, 0.29) is 0 Å². The molecular weight excluding hydrogens is 302 g/mol. The number of aryl methyl sites for hydroxylation is 1. The highest BCUT2D eigenvalue weighted by atomic mass is 16.5. The Labute approximate surface area is 139 Å². The van der Waals surface area contributed by atoms with E-state index < -0.39 is 0 Å². The van der Waals surface area contributed by atoms with E-state index in [1.54, 1.807) is 12.4 Å². The summed E-state index contributed by atoms with van der Waals surface area (Å²) in [7, 11) is 0. The lowest BCUT2D eigenvalue weighted by Gasteiger charge is -2.05. The first-order chi connectivity index (χ1) is 11.7. The van der Waals surface area contributed by atoms with Gasteiger partial charge in [0.2, 0.25) is 0 Å². The second-order valence-electron chi connectivity index (χ2n) is 5.63. The summed E-state index contributed by atoms with van der Waals surface area (Å²) in [6, 6.07) is 13.8. The van der Waals surface area contributed by atoms with Gasteiger partial charge in [-0.15, -0.1) is 0 Å². The fraction of sp³-hybridized carbons (Fsp3) is 0.111. The monoisotopic (exact) mass is 319 g/mol. The fourth-order valence-corrected chi connectivity index (χ4v) is 2.76. The first-order valence-corrected chi connectivity index (χ1v) is 7.72. The molecule has 3 aromatic heterocycles. The van der Waals surface area contributed by atoms with Gasteiger partial charge in [0, 0.05) is 41.8 Å². The molecule has 0 aliphatic heterocycles. The number of nitrogens with one attached hydrogen (secondary N) is 1. The SMILES string of the molecule is Cc1nn(-c2ccnc3c2ccn3O)cc1CNc1ccccc1. The van der Waals surface area contributed by atoms with E-state index >= 15 is 0 Å². The average molecular weight is 319 g/mol. The topological polar surface area (TPSA) is 67.9 Å². The van der Waals surface area contributed by atoms with Gasteiger partial charge in [-0.05, 0) is 31.2 Å². The third kappa shape index (κ3) is 2.48. The molecule has 2 N–H and O–H groups in total. The zero-order valence-electron chi connectivity index (χ0n) is 13.2. The third-order valence-corrected chi connectivity index (χ3v) is 4.05. The van der Waals surface area contributed by atoms with Crippen molar-refractivity contribution in [2.75, 3.05) is 5.32 Å². The van der Waals surface area contributed by atoms with Crippen molar-refractivity contribution < 1.29 is 5.21 Å². The van der Waals surface area contributed by atoms with Crippen molar-refractivity contribution in [1.29, 1.82) is 0 Å². The Hall–Kier alpha value is -3.28. The molecule has 6 heteroatoms. The number of anilines is 1. The van der Waals surface area contributed by atoms with E-state index in [9.17, 15) is 5.21 Å². The van der Waals surface area contributed by atoms with Crippen LogP contribution in [0.2, 0.25) is 0 Å². The fourth-order valence-electron chi connectivity index (χ4n) is 2.76. The van der Waals surface area contributed by atoms with E-state index in [1.165, 1.54) is 0 Å². The minimum atomic E-state index is 0.518. The molecular formula is C18H17N5O. The third-order valence-electron chi connectivity index (χ3n) is 4.05. The average Bonchev–Trinajstić information content (AvgIpc) is 3.17. The largest absolute Gasteiger partial charge is 0.427 e. The van der Waals surface area contributed by atoms with E-state index in [2.05, 4.69) is 15.4 Å². The van der Waals surface area contributed by atoms with Gasteiger partial charge in [-0.2, -0.15) is 9.83 Å². The molecule has 4 rings (SSSR count). The molecule has 0 saturated carbocycles. The van der Waals surface area contributed by atoms with Crippen LogP contribution in [-0.4, -0.2) is 24.7 Å². The molecule has 0 radical (unpaired) electrons. The summed E-state index contributed by atoms with van der Waals surface area (Å²) in [5.41, 5.74) is 4.57. The zero-order chi connectivity index (χ0) is 16.5. The van der Waals surface area contributed by atoms with Gasteiger partial charge in [0.25, 0.3) is 0 Å². The van der Waals surface area contributed by atoms with Crippen LogP contribution in [-0.2, 0) is 6.54 Å². The van der Waals surface area contributed by atoms with Crippen LogP contribution < -0.4 is 5.32 Å². The van der Waals surface area contributed by atoms with Crippen LogP contribution in [0.25, 0.3) is 16.7 Å². The summed E-state index contributed by atoms with van der Waals surface area (Å²) in [5, 5.41) is 18.6. The number of hydrogen-bond donors (Lipinski definition) is 2. The zero-order valence-corrected chi connectivity index (χ0v) is 13.2. The van der Waals surface area contributed by atoms with Crippen LogP contribution in [0.15, 0.2) is 61.1 Å². The molecule has 0 bridgehead atoms. The second kappa shape index (κ2) is 5.73. The summed E-state index contributed by atoms with van der Waals surface area (Å²) in [6.45, 7) is 2.69. The molecule has 0 atom stereocenters. The van der Waals surface area contributed by atoms with Crippen molar-refractivity contribution in [3.63, 3.8) is 0 Å². The van der Waals surface area contributed by atoms with Crippen LogP contribution in [0, 0.1) is 6.92 Å². The van der Waals surface area contributed by atoms with Crippen molar-refractivity contribution >= 4 is 16.7 Å². The second-order valence-corrected chi connectivity index (χ2v) is 5.63. The molecule has 0 unspecified atom stereocenters. The molecule has 4 aromatic rings. The standard InChI is InChI=1S/C18H17N5O/c1-13-14(11-20-15-5-3-2-4-6-15)12-22(21-13)17-7-9-19-18-16(17)8-10-23(18)24/h2-10,12,20,24H,11H2,1H3. The number of benzene rings is 1. The molecule has 120 valence electrons. The van der Waals surface area contributed by atoms with E-state index in [0.717, 1.165) is 32.7 Å². The Bertz CT molecular complexity index is 987. The molecule has 0 saturated heterocycles. The summed E-state index contributed by atoms with van der Waals surface area (Å²) in [4.78, 5) is 4.19. The number of para-hydroxylation sites is 1. The van der Waals surface area contributed by atoms with Crippen molar-refractivity contribution in [1.82, 2.24) is 19.5 Å². The summed E-state index contributed by atoms with van der Waals surface area (Å²) in [5.74, 6) is 0. The van der Waals surface area contributed by atoms with Crippen LogP contribution in [0.3, 0.4) is 0 Å². The minimum absolute atomic E-state index is 0.518. The van der Waals surface area contributed by atoms with Crippen molar-refractivity contribution in [3.05, 3.63) is 72.3 Å². The summed E-state index contributed by atoms with van der Waals surface area (Å²) in [6.07, 6.45) is 5.26.